The van der Waals surface area contributed by atoms with E-state index < -0.39 is 0 Å². The summed E-state index contributed by atoms with van der Waals surface area (Å²) >= 11 is 0. The Morgan fingerprint density at radius 3 is 1.30 bits per heavy atom. The summed E-state index contributed by atoms with van der Waals surface area (Å²) < 4.78 is 6.17. The van der Waals surface area contributed by atoms with E-state index in [2.05, 4.69) is 252 Å². The molecule has 1 heterocycles. The van der Waals surface area contributed by atoms with Crippen LogP contribution in [0.25, 0.3) is 87.3 Å². The molecule has 0 unspecified atom stereocenters. The molecule has 0 fully saturated rings. The van der Waals surface area contributed by atoms with Crippen molar-refractivity contribution in [2.24, 2.45) is 0 Å². The van der Waals surface area contributed by atoms with Crippen LogP contribution in [-0.2, 0) is 0 Å². The summed E-state index contributed by atoms with van der Waals surface area (Å²) in [5.74, 6) is 0. The summed E-state index contributed by atoms with van der Waals surface area (Å²) in [6.45, 7) is 0. The molecule has 3 heteroatoms. The number of rotatable bonds is 8. The third-order valence-corrected chi connectivity index (χ3v) is 13.4. The van der Waals surface area contributed by atoms with Gasteiger partial charge in [0.05, 0.1) is 5.69 Å². The molecule has 67 heavy (non-hydrogen) atoms. The van der Waals surface area contributed by atoms with Crippen molar-refractivity contribution in [3.63, 3.8) is 0 Å². The van der Waals surface area contributed by atoms with Gasteiger partial charge in [-0.05, 0) is 145 Å². The maximum atomic E-state index is 6.17. The number of nitrogens with zero attached hydrogens (tertiary/aromatic N) is 2. The average Bonchev–Trinajstić information content (AvgIpc) is 3.78. The highest BCUT2D eigenvalue weighted by atomic mass is 16.3. The Morgan fingerprint density at radius 2 is 0.672 bits per heavy atom. The Kier molecular flexibility index (Phi) is 9.17. The molecule has 0 amide bonds. The van der Waals surface area contributed by atoms with E-state index in [4.69, 9.17) is 4.42 Å². The molecule has 0 bridgehead atoms. The van der Waals surface area contributed by atoms with Gasteiger partial charge in [0.15, 0.2) is 0 Å². The quantitative estimate of drug-likeness (QED) is 0.142. The van der Waals surface area contributed by atoms with Crippen molar-refractivity contribution in [3.8, 4) is 22.3 Å². The number of hydrogen-bond acceptors (Lipinski definition) is 3. The van der Waals surface area contributed by atoms with Crippen molar-refractivity contribution < 1.29 is 4.42 Å². The van der Waals surface area contributed by atoms with Crippen LogP contribution in [0.2, 0.25) is 0 Å². The number of benzene rings is 12. The molecule has 0 saturated heterocycles. The van der Waals surface area contributed by atoms with Crippen LogP contribution in [0.5, 0.6) is 0 Å². The molecule has 0 atom stereocenters. The van der Waals surface area contributed by atoms with Crippen LogP contribution in [0.15, 0.2) is 259 Å². The van der Waals surface area contributed by atoms with Crippen molar-refractivity contribution in [2.75, 3.05) is 9.80 Å². The Balaban J connectivity index is 0.936. The molecular formula is C64H42N2O. The van der Waals surface area contributed by atoms with Crippen LogP contribution in [0.3, 0.4) is 0 Å². The zero-order chi connectivity index (χ0) is 44.3. The monoisotopic (exact) mass is 854 g/mol. The number of fused-ring (bicyclic) bond motifs is 10. The molecule has 3 nitrogen and oxygen atoms in total. The van der Waals surface area contributed by atoms with Gasteiger partial charge in [0.25, 0.3) is 0 Å². The van der Waals surface area contributed by atoms with E-state index in [1.165, 1.54) is 48.7 Å². The molecule has 314 valence electrons. The van der Waals surface area contributed by atoms with Gasteiger partial charge in [0, 0.05) is 44.6 Å². The predicted octanol–water partition coefficient (Wildman–Crippen LogP) is 18.5. The zero-order valence-corrected chi connectivity index (χ0v) is 36.6. The summed E-state index contributed by atoms with van der Waals surface area (Å²) in [6, 6.07) is 92.0. The van der Waals surface area contributed by atoms with Crippen molar-refractivity contribution in [1.82, 2.24) is 0 Å². The van der Waals surface area contributed by atoms with Gasteiger partial charge in [-0.3, -0.25) is 0 Å². The molecule has 13 rings (SSSR count). The SMILES string of the molecule is c1ccc(N(c2ccccc2)c2ccc(-c3ccc(N(c4ccc(-c5ccc6oc7ccccc7c6c5)cc4)c4ccc5c6ccccc6c6ccccc6c5c4)cc3)c3ccccc23)cc1. The molecule has 0 saturated carbocycles. The smallest absolute Gasteiger partial charge is 0.135 e. The largest absolute Gasteiger partial charge is 0.456 e. The predicted molar refractivity (Wildman–Crippen MR) is 284 cm³/mol. The van der Waals surface area contributed by atoms with Gasteiger partial charge in [0.2, 0.25) is 0 Å². The van der Waals surface area contributed by atoms with Gasteiger partial charge in [-0.15, -0.1) is 0 Å². The van der Waals surface area contributed by atoms with Crippen molar-refractivity contribution in [2.45, 2.75) is 0 Å². The first-order chi connectivity index (χ1) is 33.2. The molecule has 0 aliphatic rings. The normalized spacial score (nSPS) is 11.6. The second-order valence-corrected chi connectivity index (χ2v) is 17.2. The summed E-state index contributed by atoms with van der Waals surface area (Å²) in [4.78, 5) is 4.74. The van der Waals surface area contributed by atoms with E-state index in [0.29, 0.717) is 0 Å². The van der Waals surface area contributed by atoms with Gasteiger partial charge in [-0.25, -0.2) is 0 Å². The van der Waals surface area contributed by atoms with Gasteiger partial charge < -0.3 is 14.2 Å². The minimum absolute atomic E-state index is 0.901. The van der Waals surface area contributed by atoms with Crippen molar-refractivity contribution >= 4 is 99.2 Å². The average molecular weight is 855 g/mol. The molecule has 12 aromatic carbocycles. The highest BCUT2D eigenvalue weighted by molar-refractivity contribution is 6.26. The van der Waals surface area contributed by atoms with Crippen LogP contribution >= 0.6 is 0 Å². The van der Waals surface area contributed by atoms with Crippen LogP contribution < -0.4 is 9.80 Å². The number of hydrogen-bond donors (Lipinski definition) is 0. The minimum Gasteiger partial charge on any atom is -0.456 e. The Morgan fingerprint density at radius 1 is 0.224 bits per heavy atom. The van der Waals surface area contributed by atoms with Crippen LogP contribution in [0, 0.1) is 0 Å². The third kappa shape index (κ3) is 6.59. The molecule has 13 aromatic rings. The fraction of sp³-hybridized carbons (Fsp3) is 0. The first kappa shape index (κ1) is 38.5. The summed E-state index contributed by atoms with van der Waals surface area (Å²) in [5.41, 5.74) is 13.1. The summed E-state index contributed by atoms with van der Waals surface area (Å²) in [7, 11) is 0. The van der Waals surface area contributed by atoms with Gasteiger partial charge in [-0.2, -0.15) is 0 Å². The van der Waals surface area contributed by atoms with E-state index in [9.17, 15) is 0 Å². The maximum Gasteiger partial charge on any atom is 0.135 e. The van der Waals surface area contributed by atoms with Gasteiger partial charge >= 0.3 is 0 Å². The fourth-order valence-electron chi connectivity index (χ4n) is 10.3. The highest BCUT2D eigenvalue weighted by Crippen LogP contribution is 2.45. The lowest BCUT2D eigenvalue weighted by atomic mass is 9.94. The van der Waals surface area contributed by atoms with E-state index in [0.717, 1.165) is 72.8 Å². The molecule has 0 aliphatic carbocycles. The first-order valence-electron chi connectivity index (χ1n) is 22.9. The Hall–Kier alpha value is -8.92. The van der Waals surface area contributed by atoms with Gasteiger partial charge in [0.1, 0.15) is 11.2 Å². The number of anilines is 6. The first-order valence-corrected chi connectivity index (χ1v) is 22.9. The van der Waals surface area contributed by atoms with E-state index in [1.54, 1.807) is 0 Å². The highest BCUT2D eigenvalue weighted by Gasteiger charge is 2.20. The molecule has 0 spiro atoms. The number of furan rings is 1. The zero-order valence-electron chi connectivity index (χ0n) is 36.6. The van der Waals surface area contributed by atoms with Gasteiger partial charge in [-0.1, -0.05) is 170 Å². The van der Waals surface area contributed by atoms with E-state index >= 15 is 0 Å². The Labute approximate surface area is 388 Å². The Bertz CT molecular complexity index is 3890. The van der Waals surface area contributed by atoms with Crippen LogP contribution in [-0.4, -0.2) is 0 Å². The second kappa shape index (κ2) is 16.0. The third-order valence-electron chi connectivity index (χ3n) is 13.4. The van der Waals surface area contributed by atoms with E-state index in [-0.39, 0.29) is 0 Å². The lowest BCUT2D eigenvalue weighted by Gasteiger charge is -2.28. The molecule has 0 aliphatic heterocycles. The fourth-order valence-corrected chi connectivity index (χ4v) is 10.3. The standard InChI is InChI=1S/C64H42N2O/c1-3-15-46(16-4-1)66(47-17-5-2-6-18-47)62-39-38-51(52-19-11-12-24-58(52)62)44-29-34-49(35-30-44)65(50-36-37-57-55-22-8-7-20-53(55)54-21-9-10-23-56(54)60(57)42-50)48-32-27-43(28-33-48)45-31-40-64-61(41-45)59-25-13-14-26-63(59)67-64/h1-42H. The molecule has 0 N–H and O–H groups in total. The summed E-state index contributed by atoms with van der Waals surface area (Å²) in [5, 5.41) is 12.2. The summed E-state index contributed by atoms with van der Waals surface area (Å²) in [6.07, 6.45) is 0. The molecule has 1 aromatic heterocycles. The second-order valence-electron chi connectivity index (χ2n) is 17.2. The lowest BCUT2D eigenvalue weighted by Crippen LogP contribution is -2.10. The lowest BCUT2D eigenvalue weighted by molar-refractivity contribution is 0.669. The number of para-hydroxylation sites is 3. The van der Waals surface area contributed by atoms with Crippen LogP contribution in [0.4, 0.5) is 34.1 Å². The molecule has 0 radical (unpaired) electrons. The van der Waals surface area contributed by atoms with Crippen LogP contribution in [0.1, 0.15) is 0 Å². The van der Waals surface area contributed by atoms with Crippen molar-refractivity contribution in [1.29, 1.82) is 0 Å². The van der Waals surface area contributed by atoms with Crippen molar-refractivity contribution in [3.05, 3.63) is 255 Å². The topological polar surface area (TPSA) is 19.6 Å². The maximum absolute atomic E-state index is 6.17. The molecular weight excluding hydrogens is 813 g/mol. The minimum atomic E-state index is 0.901. The van der Waals surface area contributed by atoms with E-state index in [1.807, 2.05) is 12.1 Å².